The van der Waals surface area contributed by atoms with Crippen molar-refractivity contribution < 1.29 is 9.53 Å². The first-order valence-electron chi connectivity index (χ1n) is 6.10. The Balaban J connectivity index is 2.17. The van der Waals surface area contributed by atoms with E-state index in [1.807, 2.05) is 39.0 Å². The Kier molecular flexibility index (Phi) is 3.66. The van der Waals surface area contributed by atoms with Crippen LogP contribution in [0.4, 0.5) is 4.79 Å². The van der Waals surface area contributed by atoms with E-state index >= 15 is 0 Å². The molecule has 1 unspecified atom stereocenters. The molecule has 0 N–H and O–H groups in total. The highest BCUT2D eigenvalue weighted by Crippen LogP contribution is 2.35. The Hall–Kier alpha value is -1.03. The zero-order valence-electron chi connectivity index (χ0n) is 10.9. The Morgan fingerprint density at radius 1 is 1.39 bits per heavy atom. The lowest BCUT2D eigenvalue weighted by Gasteiger charge is -2.35. The van der Waals surface area contributed by atoms with E-state index in [4.69, 9.17) is 4.74 Å². The van der Waals surface area contributed by atoms with Crippen LogP contribution in [0.5, 0.6) is 0 Å². The fraction of sp³-hybridized carbons (Fsp3) is 0.500. The summed E-state index contributed by atoms with van der Waals surface area (Å²) in [6.07, 6.45) is 0.608. The van der Waals surface area contributed by atoms with Gasteiger partial charge in [0.05, 0.1) is 0 Å². The summed E-state index contributed by atoms with van der Waals surface area (Å²) >= 11 is 3.59. The summed E-state index contributed by atoms with van der Waals surface area (Å²) in [5, 5.41) is 0. The minimum absolute atomic E-state index is 0.0997. The molecular formula is C14H18BrNO2. The minimum atomic E-state index is -0.458. The standard InChI is InChI=1S/C14H18BrNO2/c1-14(2,3)18-13(17)16-9-8-10-6-4-5-7-11(10)12(16)15/h4-7,12H,8-9H2,1-3H3. The third-order valence-electron chi connectivity index (χ3n) is 2.84. The molecule has 1 aromatic carbocycles. The van der Waals surface area contributed by atoms with Crippen molar-refractivity contribution in [1.29, 1.82) is 0 Å². The van der Waals surface area contributed by atoms with E-state index in [1.54, 1.807) is 4.90 Å². The van der Waals surface area contributed by atoms with Crippen molar-refractivity contribution in [1.82, 2.24) is 4.90 Å². The van der Waals surface area contributed by atoms with Crippen LogP contribution in [0.15, 0.2) is 24.3 Å². The third kappa shape index (κ3) is 2.86. The number of carbonyl (C=O) groups excluding carboxylic acids is 1. The van der Waals surface area contributed by atoms with Crippen molar-refractivity contribution >= 4 is 22.0 Å². The van der Waals surface area contributed by atoms with Crippen LogP contribution in [-0.2, 0) is 11.2 Å². The van der Waals surface area contributed by atoms with Gasteiger partial charge in [-0.3, -0.25) is 4.90 Å². The number of fused-ring (bicyclic) bond motifs is 1. The highest BCUT2D eigenvalue weighted by Gasteiger charge is 2.31. The maximum atomic E-state index is 12.1. The van der Waals surface area contributed by atoms with Crippen LogP contribution >= 0.6 is 15.9 Å². The van der Waals surface area contributed by atoms with Gasteiger partial charge in [-0.05, 0) is 38.3 Å². The maximum absolute atomic E-state index is 12.1. The van der Waals surface area contributed by atoms with Crippen molar-refractivity contribution in [2.24, 2.45) is 0 Å². The predicted octanol–water partition coefficient (Wildman–Crippen LogP) is 3.87. The topological polar surface area (TPSA) is 29.5 Å². The minimum Gasteiger partial charge on any atom is -0.444 e. The first-order chi connectivity index (χ1) is 8.38. The van der Waals surface area contributed by atoms with E-state index in [0.717, 1.165) is 12.0 Å². The summed E-state index contributed by atoms with van der Waals surface area (Å²) in [6, 6.07) is 8.18. The second-order valence-electron chi connectivity index (χ2n) is 5.46. The summed E-state index contributed by atoms with van der Waals surface area (Å²) in [4.78, 5) is 13.7. The molecule has 0 aromatic heterocycles. The maximum Gasteiger partial charge on any atom is 0.411 e. The predicted molar refractivity (Wildman–Crippen MR) is 74.8 cm³/mol. The van der Waals surface area contributed by atoms with E-state index < -0.39 is 5.60 Å². The second-order valence-corrected chi connectivity index (χ2v) is 6.33. The lowest BCUT2D eigenvalue weighted by Crippen LogP contribution is -2.41. The van der Waals surface area contributed by atoms with Crippen LogP contribution in [0, 0.1) is 0 Å². The molecule has 0 radical (unpaired) electrons. The smallest absolute Gasteiger partial charge is 0.411 e. The van der Waals surface area contributed by atoms with Gasteiger partial charge >= 0.3 is 6.09 Å². The molecule has 1 atom stereocenters. The summed E-state index contributed by atoms with van der Waals surface area (Å²) in [5.41, 5.74) is 1.98. The van der Waals surface area contributed by atoms with Gasteiger partial charge in [0, 0.05) is 6.54 Å². The van der Waals surface area contributed by atoms with Crippen molar-refractivity contribution in [3.8, 4) is 0 Å². The molecule has 1 aliphatic heterocycles. The molecule has 0 fully saturated rings. The average molecular weight is 312 g/mol. The van der Waals surface area contributed by atoms with Crippen molar-refractivity contribution in [3.05, 3.63) is 35.4 Å². The van der Waals surface area contributed by atoms with Gasteiger partial charge in [0.25, 0.3) is 0 Å². The molecule has 0 saturated carbocycles. The number of carbonyl (C=O) groups is 1. The van der Waals surface area contributed by atoms with Gasteiger partial charge in [0.1, 0.15) is 10.6 Å². The lowest BCUT2D eigenvalue weighted by molar-refractivity contribution is 0.0221. The second kappa shape index (κ2) is 4.92. The number of halogens is 1. The van der Waals surface area contributed by atoms with Gasteiger partial charge in [0.2, 0.25) is 0 Å². The number of hydrogen-bond donors (Lipinski definition) is 0. The van der Waals surface area contributed by atoms with Crippen LogP contribution in [0.3, 0.4) is 0 Å². The quantitative estimate of drug-likeness (QED) is 0.537. The molecule has 3 nitrogen and oxygen atoms in total. The van der Waals surface area contributed by atoms with Crippen molar-refractivity contribution in [3.63, 3.8) is 0 Å². The highest BCUT2D eigenvalue weighted by molar-refractivity contribution is 9.09. The van der Waals surface area contributed by atoms with Crippen molar-refractivity contribution in [2.75, 3.05) is 6.54 Å². The van der Waals surface area contributed by atoms with Gasteiger partial charge < -0.3 is 4.74 Å². The van der Waals surface area contributed by atoms with Crippen LogP contribution in [0.25, 0.3) is 0 Å². The molecular weight excluding hydrogens is 294 g/mol. The molecule has 0 saturated heterocycles. The van der Waals surface area contributed by atoms with E-state index in [2.05, 4.69) is 22.0 Å². The number of nitrogens with zero attached hydrogens (tertiary/aromatic N) is 1. The third-order valence-corrected chi connectivity index (χ3v) is 3.82. The molecule has 1 aliphatic rings. The monoisotopic (exact) mass is 311 g/mol. The molecule has 1 heterocycles. The van der Waals surface area contributed by atoms with Crippen LogP contribution in [0.2, 0.25) is 0 Å². The van der Waals surface area contributed by atoms with Gasteiger partial charge in [-0.1, -0.05) is 40.2 Å². The number of benzene rings is 1. The molecule has 2 rings (SSSR count). The zero-order chi connectivity index (χ0) is 13.3. The summed E-state index contributed by atoms with van der Waals surface area (Å²) in [7, 11) is 0. The molecule has 1 aromatic rings. The van der Waals surface area contributed by atoms with E-state index in [9.17, 15) is 4.79 Å². The summed E-state index contributed by atoms with van der Waals surface area (Å²) in [5.74, 6) is 0. The molecule has 1 amide bonds. The molecule has 0 spiro atoms. The van der Waals surface area contributed by atoms with Gasteiger partial charge in [-0.15, -0.1) is 0 Å². The largest absolute Gasteiger partial charge is 0.444 e. The highest BCUT2D eigenvalue weighted by atomic mass is 79.9. The number of amides is 1. The van der Waals surface area contributed by atoms with Crippen molar-refractivity contribution in [2.45, 2.75) is 37.7 Å². The number of alkyl halides is 1. The lowest BCUT2D eigenvalue weighted by atomic mass is 10.0. The zero-order valence-corrected chi connectivity index (χ0v) is 12.5. The SMILES string of the molecule is CC(C)(C)OC(=O)N1CCc2ccccc2C1Br. The normalized spacial score (nSPS) is 19.3. The van der Waals surface area contributed by atoms with Gasteiger partial charge in [0.15, 0.2) is 0 Å². The molecule has 18 heavy (non-hydrogen) atoms. The van der Waals surface area contributed by atoms with Crippen LogP contribution in [-0.4, -0.2) is 23.1 Å². The molecule has 4 heteroatoms. The molecule has 0 aliphatic carbocycles. The Morgan fingerprint density at radius 3 is 2.72 bits per heavy atom. The van der Waals surface area contributed by atoms with Crippen LogP contribution < -0.4 is 0 Å². The average Bonchev–Trinajstić information content (AvgIpc) is 2.27. The molecule has 0 bridgehead atoms. The van der Waals surface area contributed by atoms with Crippen LogP contribution in [0.1, 0.15) is 36.8 Å². The summed E-state index contributed by atoms with van der Waals surface area (Å²) < 4.78 is 5.42. The number of rotatable bonds is 0. The first kappa shape index (κ1) is 13.4. The number of hydrogen-bond acceptors (Lipinski definition) is 2. The Bertz CT molecular complexity index is 453. The summed E-state index contributed by atoms with van der Waals surface area (Å²) in [6.45, 7) is 6.33. The van der Waals surface area contributed by atoms with E-state index in [-0.39, 0.29) is 11.0 Å². The first-order valence-corrected chi connectivity index (χ1v) is 7.01. The Labute approximate surface area is 116 Å². The fourth-order valence-electron chi connectivity index (χ4n) is 2.02. The molecule has 98 valence electrons. The fourth-order valence-corrected chi connectivity index (χ4v) is 2.84. The van der Waals surface area contributed by atoms with Gasteiger partial charge in [-0.2, -0.15) is 0 Å². The van der Waals surface area contributed by atoms with E-state index in [1.165, 1.54) is 5.56 Å². The van der Waals surface area contributed by atoms with E-state index in [0.29, 0.717) is 6.54 Å². The number of ether oxygens (including phenoxy) is 1. The van der Waals surface area contributed by atoms with Gasteiger partial charge in [-0.25, -0.2) is 4.79 Å². The Morgan fingerprint density at radius 2 is 2.06 bits per heavy atom.